The van der Waals surface area contributed by atoms with E-state index in [1.165, 1.54) is 11.1 Å². The fourth-order valence-electron chi connectivity index (χ4n) is 3.70. The minimum atomic E-state index is -0.941. The van der Waals surface area contributed by atoms with Crippen LogP contribution in [0.3, 0.4) is 0 Å². The van der Waals surface area contributed by atoms with Gasteiger partial charge in [0, 0.05) is 18.0 Å². The molecule has 1 fully saturated rings. The monoisotopic (exact) mass is 385 g/mol. The molecule has 1 heterocycles. The van der Waals surface area contributed by atoms with Gasteiger partial charge in [-0.15, -0.1) is 0 Å². The fourth-order valence-corrected chi connectivity index (χ4v) is 3.70. The summed E-state index contributed by atoms with van der Waals surface area (Å²) in [6.45, 7) is 5.79. The molecular formula is C21H27N3O4. The van der Waals surface area contributed by atoms with Crippen molar-refractivity contribution in [1.29, 1.82) is 0 Å². The smallest absolute Gasteiger partial charge is 0.360 e. The predicted octanol–water partition coefficient (Wildman–Crippen LogP) is 2.66. The lowest BCUT2D eigenvalue weighted by Gasteiger charge is -2.30. The molecule has 1 aromatic heterocycles. The van der Waals surface area contributed by atoms with Gasteiger partial charge in [-0.05, 0) is 38.7 Å². The second-order valence-corrected chi connectivity index (χ2v) is 7.44. The van der Waals surface area contributed by atoms with E-state index in [4.69, 9.17) is 4.74 Å². The largest absolute Gasteiger partial charge is 0.448 e. The van der Waals surface area contributed by atoms with Gasteiger partial charge in [0.1, 0.15) is 0 Å². The molecule has 1 aliphatic carbocycles. The molecule has 0 bridgehead atoms. The van der Waals surface area contributed by atoms with E-state index in [1.54, 1.807) is 38.1 Å². The maximum Gasteiger partial charge on any atom is 0.360 e. The lowest BCUT2D eigenvalue weighted by molar-refractivity contribution is -0.130. The summed E-state index contributed by atoms with van der Waals surface area (Å²) in [7, 11) is 0. The second kappa shape index (κ2) is 8.54. The summed E-state index contributed by atoms with van der Waals surface area (Å²) in [6, 6.07) is 6.90. The number of hydrogen-bond donors (Lipinski definition) is 1. The van der Waals surface area contributed by atoms with E-state index in [2.05, 4.69) is 17.3 Å². The summed E-state index contributed by atoms with van der Waals surface area (Å²) in [5.41, 5.74) is -0.213. The maximum absolute atomic E-state index is 12.7. The number of aryl methyl sites for hydroxylation is 1. The quantitative estimate of drug-likeness (QED) is 0.799. The molecule has 2 aromatic rings. The second-order valence-electron chi connectivity index (χ2n) is 7.44. The van der Waals surface area contributed by atoms with Gasteiger partial charge in [-0.25, -0.2) is 9.48 Å². The van der Waals surface area contributed by atoms with Crippen LogP contribution in [0.2, 0.25) is 0 Å². The SMILES string of the molecule is CCn1nc(C(=O)O[C@@H](C)C(=O)N[C@@H]2CCCC[C@@H]2C)c2ccccc2c1=O. The van der Waals surface area contributed by atoms with Crippen molar-refractivity contribution in [3.63, 3.8) is 0 Å². The Labute approximate surface area is 164 Å². The molecule has 1 aromatic carbocycles. The number of amides is 1. The van der Waals surface area contributed by atoms with Gasteiger partial charge < -0.3 is 10.1 Å². The molecule has 7 heteroatoms. The van der Waals surface area contributed by atoms with Crippen LogP contribution < -0.4 is 10.9 Å². The summed E-state index contributed by atoms with van der Waals surface area (Å²) in [5.74, 6) is -0.600. The normalized spacial score (nSPS) is 20.5. The van der Waals surface area contributed by atoms with Gasteiger partial charge in [0.15, 0.2) is 11.8 Å². The fraction of sp³-hybridized carbons (Fsp3) is 0.524. The number of ether oxygens (including phenoxy) is 1. The predicted molar refractivity (Wildman–Crippen MR) is 106 cm³/mol. The molecule has 150 valence electrons. The molecule has 1 N–H and O–H groups in total. The summed E-state index contributed by atoms with van der Waals surface area (Å²) in [5, 5.41) is 7.99. The van der Waals surface area contributed by atoms with E-state index in [1.807, 2.05) is 0 Å². The average molecular weight is 385 g/mol. The van der Waals surface area contributed by atoms with E-state index >= 15 is 0 Å². The van der Waals surface area contributed by atoms with Gasteiger partial charge in [-0.3, -0.25) is 9.59 Å². The highest BCUT2D eigenvalue weighted by molar-refractivity contribution is 6.02. The first-order valence-corrected chi connectivity index (χ1v) is 9.93. The van der Waals surface area contributed by atoms with Crippen LogP contribution in [-0.4, -0.2) is 33.8 Å². The Bertz CT molecular complexity index is 937. The minimum Gasteiger partial charge on any atom is -0.448 e. The molecule has 3 atom stereocenters. The number of carbonyl (C=O) groups is 2. The Morgan fingerprint density at radius 2 is 1.93 bits per heavy atom. The number of esters is 1. The van der Waals surface area contributed by atoms with Gasteiger partial charge in [0.05, 0.1) is 5.39 Å². The van der Waals surface area contributed by atoms with Crippen molar-refractivity contribution in [2.24, 2.45) is 5.92 Å². The first-order chi connectivity index (χ1) is 13.4. The highest BCUT2D eigenvalue weighted by atomic mass is 16.5. The molecule has 0 spiro atoms. The van der Waals surface area contributed by atoms with Crippen molar-refractivity contribution in [1.82, 2.24) is 15.1 Å². The number of nitrogens with one attached hydrogen (secondary N) is 1. The number of rotatable bonds is 5. The third-order valence-corrected chi connectivity index (χ3v) is 5.45. The van der Waals surface area contributed by atoms with Crippen molar-refractivity contribution in [2.75, 3.05) is 0 Å². The van der Waals surface area contributed by atoms with Gasteiger partial charge in [-0.2, -0.15) is 5.10 Å². The third-order valence-electron chi connectivity index (χ3n) is 5.45. The Morgan fingerprint density at radius 1 is 1.25 bits per heavy atom. The summed E-state index contributed by atoms with van der Waals surface area (Å²) in [6.07, 6.45) is 3.38. The zero-order valence-electron chi connectivity index (χ0n) is 16.6. The topological polar surface area (TPSA) is 90.3 Å². The maximum atomic E-state index is 12.7. The van der Waals surface area contributed by atoms with Crippen molar-refractivity contribution in [3.8, 4) is 0 Å². The third kappa shape index (κ3) is 4.08. The minimum absolute atomic E-state index is 0.0442. The van der Waals surface area contributed by atoms with Crippen LogP contribution in [0.5, 0.6) is 0 Å². The van der Waals surface area contributed by atoms with Gasteiger partial charge in [-0.1, -0.05) is 38.0 Å². The van der Waals surface area contributed by atoms with E-state index in [0.29, 0.717) is 23.2 Å². The molecular weight excluding hydrogens is 358 g/mol. The first-order valence-electron chi connectivity index (χ1n) is 9.93. The molecule has 1 amide bonds. The Balaban J connectivity index is 1.78. The zero-order valence-corrected chi connectivity index (χ0v) is 16.6. The highest BCUT2D eigenvalue weighted by Gasteiger charge is 2.27. The Kier molecular flexibility index (Phi) is 6.11. The standard InChI is InChI=1S/C21H27N3O4/c1-4-24-20(26)16-11-7-6-10-15(16)18(23-24)21(27)28-14(3)19(25)22-17-12-8-5-9-13(17)2/h6-7,10-11,13-14,17H,4-5,8-9,12H2,1-3H3,(H,22,25)/t13-,14-,17+/m0/s1. The lowest BCUT2D eigenvalue weighted by Crippen LogP contribution is -2.46. The number of benzene rings is 1. The van der Waals surface area contributed by atoms with Gasteiger partial charge in [0.25, 0.3) is 11.5 Å². The average Bonchev–Trinajstić information content (AvgIpc) is 2.70. The number of nitrogens with zero attached hydrogens (tertiary/aromatic N) is 2. The van der Waals surface area contributed by atoms with Crippen molar-refractivity contribution < 1.29 is 14.3 Å². The van der Waals surface area contributed by atoms with Crippen LogP contribution in [0.4, 0.5) is 0 Å². The van der Waals surface area contributed by atoms with E-state index in [-0.39, 0.29) is 23.2 Å². The molecule has 0 radical (unpaired) electrons. The van der Waals surface area contributed by atoms with Crippen LogP contribution in [0.1, 0.15) is 56.9 Å². The molecule has 1 aliphatic rings. The number of aromatic nitrogens is 2. The van der Waals surface area contributed by atoms with Gasteiger partial charge >= 0.3 is 5.97 Å². The molecule has 28 heavy (non-hydrogen) atoms. The van der Waals surface area contributed by atoms with Crippen LogP contribution in [0.25, 0.3) is 10.8 Å². The number of fused-ring (bicyclic) bond motifs is 1. The van der Waals surface area contributed by atoms with Crippen LogP contribution in [0.15, 0.2) is 29.1 Å². The molecule has 3 rings (SSSR count). The Morgan fingerprint density at radius 3 is 2.61 bits per heavy atom. The Hall–Kier alpha value is -2.70. The summed E-state index contributed by atoms with van der Waals surface area (Å²) >= 11 is 0. The molecule has 0 saturated heterocycles. The van der Waals surface area contributed by atoms with Crippen LogP contribution in [-0.2, 0) is 16.1 Å². The molecule has 7 nitrogen and oxygen atoms in total. The zero-order chi connectivity index (χ0) is 20.3. The summed E-state index contributed by atoms with van der Waals surface area (Å²) < 4.78 is 6.62. The number of carbonyl (C=O) groups excluding carboxylic acids is 2. The van der Waals surface area contributed by atoms with Crippen molar-refractivity contribution >= 4 is 22.6 Å². The van der Waals surface area contributed by atoms with Crippen molar-refractivity contribution in [2.45, 2.75) is 65.1 Å². The van der Waals surface area contributed by atoms with E-state index in [9.17, 15) is 14.4 Å². The molecule has 0 unspecified atom stereocenters. The van der Waals surface area contributed by atoms with Gasteiger partial charge in [0.2, 0.25) is 0 Å². The van der Waals surface area contributed by atoms with Crippen LogP contribution >= 0.6 is 0 Å². The van der Waals surface area contributed by atoms with E-state index < -0.39 is 12.1 Å². The lowest BCUT2D eigenvalue weighted by atomic mass is 9.86. The highest BCUT2D eigenvalue weighted by Crippen LogP contribution is 2.24. The first kappa shape index (κ1) is 20.0. The molecule has 0 aliphatic heterocycles. The number of hydrogen-bond acceptors (Lipinski definition) is 5. The van der Waals surface area contributed by atoms with E-state index in [0.717, 1.165) is 19.3 Å². The molecule has 1 saturated carbocycles. The van der Waals surface area contributed by atoms with Crippen LogP contribution in [0, 0.1) is 5.92 Å². The van der Waals surface area contributed by atoms with Crippen molar-refractivity contribution in [3.05, 3.63) is 40.3 Å². The summed E-state index contributed by atoms with van der Waals surface area (Å²) in [4.78, 5) is 37.6.